The SMILES string of the molecule is C=C1c2ccccc2C(=O)N1[C@@H](C)C(=O)NC1CCCCCC1. The molecular formula is C19H24N2O2. The molecule has 1 aliphatic heterocycles. The van der Waals surface area contributed by atoms with Crippen LogP contribution in [-0.4, -0.2) is 28.8 Å². The Balaban J connectivity index is 1.70. The van der Waals surface area contributed by atoms with E-state index in [1.165, 1.54) is 30.6 Å². The van der Waals surface area contributed by atoms with Crippen LogP contribution in [0.5, 0.6) is 0 Å². The maximum atomic E-state index is 12.6. The summed E-state index contributed by atoms with van der Waals surface area (Å²) in [5.41, 5.74) is 2.08. The Labute approximate surface area is 137 Å². The van der Waals surface area contributed by atoms with Crippen LogP contribution in [0.1, 0.15) is 61.4 Å². The zero-order valence-electron chi connectivity index (χ0n) is 13.7. The van der Waals surface area contributed by atoms with E-state index < -0.39 is 6.04 Å². The van der Waals surface area contributed by atoms with Gasteiger partial charge in [0, 0.05) is 22.9 Å². The molecule has 2 amide bonds. The molecule has 0 bridgehead atoms. The van der Waals surface area contributed by atoms with Gasteiger partial charge in [-0.15, -0.1) is 0 Å². The number of carbonyl (C=O) groups excluding carboxylic acids is 2. The highest BCUT2D eigenvalue weighted by Crippen LogP contribution is 2.33. The zero-order chi connectivity index (χ0) is 16.4. The fourth-order valence-corrected chi connectivity index (χ4v) is 3.58. The van der Waals surface area contributed by atoms with Gasteiger partial charge in [-0.05, 0) is 25.8 Å². The Morgan fingerprint density at radius 1 is 1.17 bits per heavy atom. The summed E-state index contributed by atoms with van der Waals surface area (Å²) in [5.74, 6) is -0.215. The van der Waals surface area contributed by atoms with Gasteiger partial charge in [-0.1, -0.05) is 50.5 Å². The Hall–Kier alpha value is -2.10. The predicted octanol–water partition coefficient (Wildman–Crippen LogP) is 3.34. The molecule has 0 radical (unpaired) electrons. The summed E-state index contributed by atoms with van der Waals surface area (Å²) < 4.78 is 0. The molecule has 1 atom stereocenters. The molecule has 0 unspecified atom stereocenters. The summed E-state index contributed by atoms with van der Waals surface area (Å²) in [7, 11) is 0. The van der Waals surface area contributed by atoms with Crippen LogP contribution < -0.4 is 5.32 Å². The number of nitrogens with zero attached hydrogens (tertiary/aromatic N) is 1. The molecule has 2 aliphatic rings. The van der Waals surface area contributed by atoms with E-state index in [9.17, 15) is 9.59 Å². The Bertz CT molecular complexity index is 595. The predicted molar refractivity (Wildman–Crippen MR) is 90.7 cm³/mol. The summed E-state index contributed by atoms with van der Waals surface area (Å²) >= 11 is 0. The third-order valence-corrected chi connectivity index (χ3v) is 4.95. The number of hydrogen-bond acceptors (Lipinski definition) is 2. The second kappa shape index (κ2) is 6.57. The van der Waals surface area contributed by atoms with Crippen molar-refractivity contribution in [3.63, 3.8) is 0 Å². The van der Waals surface area contributed by atoms with Crippen LogP contribution in [0.2, 0.25) is 0 Å². The molecule has 1 aromatic carbocycles. The maximum Gasteiger partial charge on any atom is 0.259 e. The van der Waals surface area contributed by atoms with Crippen LogP contribution >= 0.6 is 0 Å². The van der Waals surface area contributed by atoms with E-state index in [1.54, 1.807) is 13.0 Å². The average molecular weight is 312 g/mol. The van der Waals surface area contributed by atoms with E-state index in [0.717, 1.165) is 18.4 Å². The van der Waals surface area contributed by atoms with Crippen molar-refractivity contribution < 1.29 is 9.59 Å². The van der Waals surface area contributed by atoms with Crippen LogP contribution in [0.4, 0.5) is 0 Å². The number of fused-ring (bicyclic) bond motifs is 1. The summed E-state index contributed by atoms with van der Waals surface area (Å²) in [6.45, 7) is 5.80. The Morgan fingerprint density at radius 2 is 1.78 bits per heavy atom. The number of benzene rings is 1. The standard InChI is InChI=1S/C19H24N2O2/c1-13-16-11-7-8-12-17(16)19(23)21(13)14(2)18(22)20-15-9-5-3-4-6-10-15/h7-8,11-12,14-15H,1,3-6,9-10H2,2H3,(H,20,22)/t14-/m0/s1. The van der Waals surface area contributed by atoms with Crippen LogP contribution in [0.15, 0.2) is 30.8 Å². The highest BCUT2D eigenvalue weighted by molar-refractivity contribution is 6.10. The highest BCUT2D eigenvalue weighted by Gasteiger charge is 2.37. The van der Waals surface area contributed by atoms with Gasteiger partial charge in [-0.3, -0.25) is 14.5 Å². The van der Waals surface area contributed by atoms with E-state index in [4.69, 9.17) is 0 Å². The van der Waals surface area contributed by atoms with Crippen LogP contribution in [0, 0.1) is 0 Å². The van der Waals surface area contributed by atoms with Gasteiger partial charge < -0.3 is 5.32 Å². The second-order valence-corrected chi connectivity index (χ2v) is 6.54. The monoisotopic (exact) mass is 312 g/mol. The first kappa shape index (κ1) is 15.8. The highest BCUT2D eigenvalue weighted by atomic mass is 16.2. The third kappa shape index (κ3) is 3.03. The van der Waals surface area contributed by atoms with Gasteiger partial charge in [-0.25, -0.2) is 0 Å². The van der Waals surface area contributed by atoms with Gasteiger partial charge in [0.15, 0.2) is 0 Å². The summed E-state index contributed by atoms with van der Waals surface area (Å²) in [5, 5.41) is 3.13. The maximum absolute atomic E-state index is 12.6. The van der Waals surface area contributed by atoms with Gasteiger partial charge in [0.25, 0.3) is 5.91 Å². The molecule has 122 valence electrons. The summed E-state index contributed by atoms with van der Waals surface area (Å²) in [6.07, 6.45) is 6.90. The molecule has 1 N–H and O–H groups in total. The molecule has 1 saturated carbocycles. The Kier molecular flexibility index (Phi) is 4.51. The van der Waals surface area contributed by atoms with E-state index >= 15 is 0 Å². The third-order valence-electron chi connectivity index (χ3n) is 4.95. The van der Waals surface area contributed by atoms with Crippen molar-refractivity contribution in [2.45, 2.75) is 57.5 Å². The lowest BCUT2D eigenvalue weighted by Gasteiger charge is -2.27. The van der Waals surface area contributed by atoms with Crippen molar-refractivity contribution in [2.75, 3.05) is 0 Å². The van der Waals surface area contributed by atoms with Gasteiger partial charge in [0.05, 0.1) is 0 Å². The molecule has 4 heteroatoms. The quantitative estimate of drug-likeness (QED) is 0.870. The van der Waals surface area contributed by atoms with Crippen molar-refractivity contribution in [1.82, 2.24) is 10.2 Å². The van der Waals surface area contributed by atoms with E-state index in [2.05, 4.69) is 11.9 Å². The van der Waals surface area contributed by atoms with E-state index in [-0.39, 0.29) is 17.9 Å². The van der Waals surface area contributed by atoms with Gasteiger partial charge in [0.1, 0.15) is 6.04 Å². The van der Waals surface area contributed by atoms with Crippen molar-refractivity contribution in [2.24, 2.45) is 0 Å². The molecule has 1 heterocycles. The van der Waals surface area contributed by atoms with Crippen LogP contribution in [0.25, 0.3) is 5.70 Å². The van der Waals surface area contributed by atoms with Gasteiger partial charge in [-0.2, -0.15) is 0 Å². The fourth-order valence-electron chi connectivity index (χ4n) is 3.58. The molecule has 3 rings (SSSR count). The normalized spacial score (nSPS) is 20.1. The zero-order valence-corrected chi connectivity index (χ0v) is 13.7. The molecule has 1 aromatic rings. The molecule has 1 aliphatic carbocycles. The number of hydrogen-bond donors (Lipinski definition) is 1. The molecule has 0 saturated heterocycles. The van der Waals surface area contributed by atoms with Crippen molar-refractivity contribution in [3.05, 3.63) is 42.0 Å². The largest absolute Gasteiger partial charge is 0.352 e. The first-order valence-electron chi connectivity index (χ1n) is 8.52. The topological polar surface area (TPSA) is 49.4 Å². The lowest BCUT2D eigenvalue weighted by Crippen LogP contribution is -2.47. The molecular weight excluding hydrogens is 288 g/mol. The average Bonchev–Trinajstić information content (AvgIpc) is 2.74. The van der Waals surface area contributed by atoms with E-state index in [1.807, 2.05) is 18.2 Å². The first-order chi connectivity index (χ1) is 11.1. The van der Waals surface area contributed by atoms with Gasteiger partial charge in [0.2, 0.25) is 5.91 Å². The van der Waals surface area contributed by atoms with Crippen molar-refractivity contribution in [3.8, 4) is 0 Å². The minimum Gasteiger partial charge on any atom is -0.352 e. The summed E-state index contributed by atoms with van der Waals surface area (Å²) in [4.78, 5) is 26.7. The number of nitrogens with one attached hydrogen (secondary N) is 1. The van der Waals surface area contributed by atoms with E-state index in [0.29, 0.717) is 11.3 Å². The minimum absolute atomic E-state index is 0.0841. The first-order valence-corrected chi connectivity index (χ1v) is 8.52. The molecule has 1 fully saturated rings. The van der Waals surface area contributed by atoms with Crippen LogP contribution in [0.3, 0.4) is 0 Å². The molecule has 23 heavy (non-hydrogen) atoms. The fraction of sp³-hybridized carbons (Fsp3) is 0.474. The van der Waals surface area contributed by atoms with Crippen molar-refractivity contribution in [1.29, 1.82) is 0 Å². The van der Waals surface area contributed by atoms with Crippen LogP contribution in [-0.2, 0) is 4.79 Å². The van der Waals surface area contributed by atoms with Gasteiger partial charge >= 0.3 is 0 Å². The number of amides is 2. The lowest BCUT2D eigenvalue weighted by molar-refractivity contribution is -0.125. The summed E-state index contributed by atoms with van der Waals surface area (Å²) in [6, 6.07) is 7.09. The molecule has 0 spiro atoms. The van der Waals surface area contributed by atoms with Crippen molar-refractivity contribution >= 4 is 17.5 Å². The molecule has 0 aromatic heterocycles. The number of rotatable bonds is 3. The number of carbonyl (C=O) groups is 2. The smallest absolute Gasteiger partial charge is 0.259 e. The molecule has 4 nitrogen and oxygen atoms in total. The Morgan fingerprint density at radius 3 is 2.39 bits per heavy atom. The second-order valence-electron chi connectivity index (χ2n) is 6.54. The minimum atomic E-state index is -0.536. The lowest BCUT2D eigenvalue weighted by atomic mass is 10.1.